The van der Waals surface area contributed by atoms with Crippen LogP contribution in [-0.2, 0) is 16.0 Å². The second-order valence-corrected chi connectivity index (χ2v) is 4.99. The largest absolute Gasteiger partial charge is 0.368 e. The third-order valence-corrected chi connectivity index (χ3v) is 3.78. The van der Waals surface area contributed by atoms with Gasteiger partial charge in [-0.25, -0.2) is 4.39 Å². The number of rotatable bonds is 4. The summed E-state index contributed by atoms with van der Waals surface area (Å²) in [4.78, 5) is 14.3. The van der Waals surface area contributed by atoms with Gasteiger partial charge in [0.15, 0.2) is 5.78 Å². The molecule has 2 rings (SSSR count). The Hall–Kier alpha value is -0.970. The summed E-state index contributed by atoms with van der Waals surface area (Å²) in [5.41, 5.74) is 0.517. The molecule has 0 aromatic heterocycles. The molecule has 0 radical (unpaired) electrons. The van der Waals surface area contributed by atoms with E-state index in [4.69, 9.17) is 16.3 Å². The van der Waals surface area contributed by atoms with Crippen molar-refractivity contribution in [3.05, 3.63) is 34.6 Å². The Morgan fingerprint density at radius 2 is 2.37 bits per heavy atom. The molecule has 1 aromatic rings. The zero-order valence-corrected chi connectivity index (χ0v) is 11.6. The van der Waals surface area contributed by atoms with Crippen LogP contribution in [0.5, 0.6) is 0 Å². The number of Topliss-reactive ketones (excluding diaryl/α,β-unsaturated/α-hetero) is 1. The number of hydrogen-bond donors (Lipinski definition) is 0. The number of halogens is 2. The highest BCUT2D eigenvalue weighted by Gasteiger charge is 2.26. The lowest BCUT2D eigenvalue weighted by atomic mass is 10.0. The van der Waals surface area contributed by atoms with Gasteiger partial charge in [-0.05, 0) is 18.2 Å². The van der Waals surface area contributed by atoms with E-state index in [9.17, 15) is 9.18 Å². The van der Waals surface area contributed by atoms with Crippen LogP contribution in [0.3, 0.4) is 0 Å². The van der Waals surface area contributed by atoms with E-state index in [0.717, 1.165) is 13.1 Å². The van der Waals surface area contributed by atoms with Crippen molar-refractivity contribution < 1.29 is 13.9 Å². The predicted octanol–water partition coefficient (Wildman–Crippen LogP) is 2.31. The third-order valence-electron chi connectivity index (χ3n) is 3.35. The molecule has 1 unspecified atom stereocenters. The van der Waals surface area contributed by atoms with Crippen molar-refractivity contribution in [2.75, 3.05) is 26.2 Å². The first-order valence-corrected chi connectivity index (χ1v) is 6.79. The first-order chi connectivity index (χ1) is 9.11. The fourth-order valence-electron chi connectivity index (χ4n) is 2.17. The van der Waals surface area contributed by atoms with E-state index in [0.29, 0.717) is 18.7 Å². The van der Waals surface area contributed by atoms with Crippen LogP contribution in [0.1, 0.15) is 12.5 Å². The minimum Gasteiger partial charge on any atom is -0.368 e. The van der Waals surface area contributed by atoms with E-state index in [2.05, 4.69) is 11.8 Å². The van der Waals surface area contributed by atoms with Gasteiger partial charge in [0.25, 0.3) is 0 Å². The molecule has 1 aliphatic heterocycles. The van der Waals surface area contributed by atoms with E-state index in [1.807, 2.05) is 0 Å². The number of benzene rings is 1. The van der Waals surface area contributed by atoms with Gasteiger partial charge in [-0.2, -0.15) is 0 Å². The van der Waals surface area contributed by atoms with Gasteiger partial charge in [-0.15, -0.1) is 0 Å². The molecular weight excluding hydrogens is 269 g/mol. The summed E-state index contributed by atoms with van der Waals surface area (Å²) in [6.45, 7) is 4.95. The Kier molecular flexibility index (Phi) is 4.91. The zero-order chi connectivity index (χ0) is 13.8. The van der Waals surface area contributed by atoms with Gasteiger partial charge in [0.2, 0.25) is 0 Å². The topological polar surface area (TPSA) is 29.5 Å². The molecule has 3 nitrogen and oxygen atoms in total. The molecule has 5 heteroatoms. The molecule has 1 fully saturated rings. The predicted molar refractivity (Wildman–Crippen MR) is 72.0 cm³/mol. The molecule has 0 bridgehead atoms. The highest BCUT2D eigenvalue weighted by Crippen LogP contribution is 2.21. The molecular formula is C14H17ClFNO2. The molecule has 1 saturated heterocycles. The Morgan fingerprint density at radius 1 is 1.58 bits per heavy atom. The monoisotopic (exact) mass is 285 g/mol. The van der Waals surface area contributed by atoms with Gasteiger partial charge in [0, 0.05) is 19.5 Å². The summed E-state index contributed by atoms with van der Waals surface area (Å²) < 4.78 is 18.8. The molecule has 1 aromatic carbocycles. The number of ketones is 1. The van der Waals surface area contributed by atoms with Gasteiger partial charge < -0.3 is 4.74 Å². The molecule has 0 aliphatic carbocycles. The fraction of sp³-hybridized carbons (Fsp3) is 0.500. The average molecular weight is 286 g/mol. The zero-order valence-electron chi connectivity index (χ0n) is 10.9. The maximum Gasteiger partial charge on any atom is 0.167 e. The maximum absolute atomic E-state index is 13.3. The van der Waals surface area contributed by atoms with Gasteiger partial charge in [-0.1, -0.05) is 30.7 Å². The van der Waals surface area contributed by atoms with Crippen molar-refractivity contribution in [3.63, 3.8) is 0 Å². The van der Waals surface area contributed by atoms with E-state index < -0.39 is 11.9 Å². The summed E-state index contributed by atoms with van der Waals surface area (Å²) in [6.07, 6.45) is -0.327. The van der Waals surface area contributed by atoms with Gasteiger partial charge >= 0.3 is 0 Å². The van der Waals surface area contributed by atoms with E-state index in [-0.39, 0.29) is 17.2 Å². The van der Waals surface area contributed by atoms with E-state index in [1.54, 1.807) is 12.1 Å². The van der Waals surface area contributed by atoms with Crippen LogP contribution >= 0.6 is 11.6 Å². The molecule has 1 heterocycles. The number of nitrogens with zero attached hydrogens (tertiary/aromatic N) is 1. The van der Waals surface area contributed by atoms with E-state index >= 15 is 0 Å². The minimum atomic E-state index is -0.494. The van der Waals surface area contributed by atoms with Crippen LogP contribution in [0.25, 0.3) is 0 Å². The summed E-state index contributed by atoms with van der Waals surface area (Å²) in [7, 11) is 0. The SMILES string of the molecule is CCN1CCOC(C(=O)Cc2cccc(F)c2Cl)C1. The number of hydrogen-bond acceptors (Lipinski definition) is 3. The van der Waals surface area contributed by atoms with Crippen molar-refractivity contribution in [3.8, 4) is 0 Å². The Balaban J connectivity index is 2.02. The van der Waals surface area contributed by atoms with Crippen LogP contribution in [-0.4, -0.2) is 43.0 Å². The molecule has 104 valence electrons. The van der Waals surface area contributed by atoms with E-state index in [1.165, 1.54) is 6.07 Å². The van der Waals surface area contributed by atoms with Crippen LogP contribution in [0, 0.1) is 5.82 Å². The highest BCUT2D eigenvalue weighted by molar-refractivity contribution is 6.31. The molecule has 0 N–H and O–H groups in total. The lowest BCUT2D eigenvalue weighted by Crippen LogP contribution is -2.46. The first-order valence-electron chi connectivity index (χ1n) is 6.41. The highest BCUT2D eigenvalue weighted by atomic mass is 35.5. The molecule has 0 saturated carbocycles. The summed E-state index contributed by atoms with van der Waals surface area (Å²) in [5.74, 6) is -0.544. The quantitative estimate of drug-likeness (QED) is 0.850. The molecule has 0 spiro atoms. The van der Waals surface area contributed by atoms with Crippen LogP contribution < -0.4 is 0 Å². The van der Waals surface area contributed by atoms with Crippen molar-refractivity contribution >= 4 is 17.4 Å². The number of carbonyl (C=O) groups is 1. The van der Waals surface area contributed by atoms with Crippen LogP contribution in [0.2, 0.25) is 5.02 Å². The number of likely N-dealkylation sites (N-methyl/N-ethyl adjacent to an activating group) is 1. The lowest BCUT2D eigenvalue weighted by molar-refractivity contribution is -0.135. The number of carbonyl (C=O) groups excluding carboxylic acids is 1. The van der Waals surface area contributed by atoms with Crippen molar-refractivity contribution in [2.45, 2.75) is 19.4 Å². The fourth-order valence-corrected chi connectivity index (χ4v) is 2.36. The van der Waals surface area contributed by atoms with Crippen molar-refractivity contribution in [1.82, 2.24) is 4.90 Å². The van der Waals surface area contributed by atoms with Crippen molar-refractivity contribution in [1.29, 1.82) is 0 Å². The normalized spacial score (nSPS) is 20.5. The molecule has 0 amide bonds. The lowest BCUT2D eigenvalue weighted by Gasteiger charge is -2.31. The summed E-state index contributed by atoms with van der Waals surface area (Å²) in [5, 5.41) is 0.0269. The minimum absolute atomic E-state index is 0.0269. The van der Waals surface area contributed by atoms with Gasteiger partial charge in [0.1, 0.15) is 11.9 Å². The molecule has 19 heavy (non-hydrogen) atoms. The smallest absolute Gasteiger partial charge is 0.167 e. The van der Waals surface area contributed by atoms with Crippen LogP contribution in [0.4, 0.5) is 4.39 Å². The standard InChI is InChI=1S/C14H17ClFNO2/c1-2-17-6-7-19-13(9-17)12(18)8-10-4-3-5-11(16)14(10)15/h3-5,13H,2,6-9H2,1H3. The van der Waals surface area contributed by atoms with Gasteiger partial charge in [-0.3, -0.25) is 9.69 Å². The number of morpholine rings is 1. The maximum atomic E-state index is 13.3. The van der Waals surface area contributed by atoms with Crippen LogP contribution in [0.15, 0.2) is 18.2 Å². The summed E-state index contributed by atoms with van der Waals surface area (Å²) >= 11 is 5.85. The first kappa shape index (κ1) is 14.4. The van der Waals surface area contributed by atoms with Gasteiger partial charge in [0.05, 0.1) is 11.6 Å². The Labute approximate surface area is 117 Å². The number of ether oxygens (including phenoxy) is 1. The molecule has 1 atom stereocenters. The third kappa shape index (κ3) is 3.53. The summed E-state index contributed by atoms with van der Waals surface area (Å²) in [6, 6.07) is 4.51. The molecule has 1 aliphatic rings. The Bertz CT molecular complexity index is 467. The average Bonchev–Trinajstić information content (AvgIpc) is 2.44. The Morgan fingerprint density at radius 3 is 3.11 bits per heavy atom. The van der Waals surface area contributed by atoms with Crippen molar-refractivity contribution in [2.24, 2.45) is 0 Å². The second-order valence-electron chi connectivity index (χ2n) is 4.61. The second kappa shape index (κ2) is 6.46.